The van der Waals surface area contributed by atoms with Crippen LogP contribution < -0.4 is 10.6 Å². The lowest BCUT2D eigenvalue weighted by Gasteiger charge is -2.17. The SMILES string of the molecule is O=C(Cc1csc(-c2ccccn2)n1)Nc1ccc2c(c1)CCC(=O)N2. The second-order valence-corrected chi connectivity index (χ2v) is 6.86. The number of anilines is 2. The molecule has 130 valence electrons. The Morgan fingerprint density at radius 1 is 1.23 bits per heavy atom. The molecule has 4 rings (SSSR count). The minimum Gasteiger partial charge on any atom is -0.326 e. The minimum atomic E-state index is -0.123. The van der Waals surface area contributed by atoms with E-state index in [1.165, 1.54) is 11.3 Å². The van der Waals surface area contributed by atoms with Crippen LogP contribution in [0.5, 0.6) is 0 Å². The number of benzene rings is 1. The summed E-state index contributed by atoms with van der Waals surface area (Å²) >= 11 is 1.48. The monoisotopic (exact) mass is 364 g/mol. The van der Waals surface area contributed by atoms with Crippen LogP contribution in [0, 0.1) is 0 Å². The molecule has 0 saturated carbocycles. The Bertz CT molecular complexity index is 969. The van der Waals surface area contributed by atoms with Gasteiger partial charge in [0.15, 0.2) is 0 Å². The maximum Gasteiger partial charge on any atom is 0.230 e. The van der Waals surface area contributed by atoms with Crippen LogP contribution >= 0.6 is 11.3 Å². The van der Waals surface area contributed by atoms with Crippen molar-refractivity contribution in [3.8, 4) is 10.7 Å². The molecule has 0 atom stereocenters. The van der Waals surface area contributed by atoms with E-state index in [-0.39, 0.29) is 18.2 Å². The zero-order valence-electron chi connectivity index (χ0n) is 13.9. The average Bonchev–Trinajstić information content (AvgIpc) is 3.11. The third-order valence-electron chi connectivity index (χ3n) is 4.06. The van der Waals surface area contributed by atoms with Crippen molar-refractivity contribution in [2.24, 2.45) is 0 Å². The molecule has 1 aliphatic heterocycles. The van der Waals surface area contributed by atoms with Crippen LogP contribution in [-0.2, 0) is 22.4 Å². The summed E-state index contributed by atoms with van der Waals surface area (Å²) in [5, 5.41) is 8.42. The molecule has 0 saturated heterocycles. The molecule has 6 nitrogen and oxygen atoms in total. The van der Waals surface area contributed by atoms with E-state index < -0.39 is 0 Å². The summed E-state index contributed by atoms with van der Waals surface area (Å²) in [6.45, 7) is 0. The third-order valence-corrected chi connectivity index (χ3v) is 4.98. The molecule has 3 heterocycles. The minimum absolute atomic E-state index is 0.0292. The van der Waals surface area contributed by atoms with Crippen LogP contribution in [0.15, 0.2) is 48.0 Å². The highest BCUT2D eigenvalue weighted by atomic mass is 32.1. The number of nitrogens with one attached hydrogen (secondary N) is 2. The molecule has 1 aliphatic rings. The first kappa shape index (κ1) is 16.4. The summed E-state index contributed by atoms with van der Waals surface area (Å²) in [6, 6.07) is 11.2. The van der Waals surface area contributed by atoms with Crippen molar-refractivity contribution in [1.29, 1.82) is 0 Å². The number of pyridine rings is 1. The first-order chi connectivity index (χ1) is 12.7. The molecule has 1 aromatic carbocycles. The second kappa shape index (κ2) is 7.05. The van der Waals surface area contributed by atoms with Gasteiger partial charge in [-0.25, -0.2) is 4.98 Å². The van der Waals surface area contributed by atoms with Gasteiger partial charge < -0.3 is 10.6 Å². The predicted molar refractivity (Wildman–Crippen MR) is 101 cm³/mol. The first-order valence-corrected chi connectivity index (χ1v) is 9.14. The van der Waals surface area contributed by atoms with Crippen LogP contribution in [0.25, 0.3) is 10.7 Å². The zero-order valence-corrected chi connectivity index (χ0v) is 14.7. The number of aryl methyl sites for hydroxylation is 1. The van der Waals surface area contributed by atoms with Crippen LogP contribution in [-0.4, -0.2) is 21.8 Å². The van der Waals surface area contributed by atoms with E-state index in [4.69, 9.17) is 0 Å². The number of aromatic nitrogens is 2. The van der Waals surface area contributed by atoms with Crippen LogP contribution in [0.2, 0.25) is 0 Å². The fourth-order valence-corrected chi connectivity index (χ4v) is 3.62. The van der Waals surface area contributed by atoms with E-state index in [0.29, 0.717) is 12.8 Å². The topological polar surface area (TPSA) is 84.0 Å². The molecule has 7 heteroatoms. The number of fused-ring (bicyclic) bond motifs is 1. The van der Waals surface area contributed by atoms with Crippen LogP contribution in [0.3, 0.4) is 0 Å². The molecule has 3 aromatic rings. The van der Waals surface area contributed by atoms with Crippen LogP contribution in [0.4, 0.5) is 11.4 Å². The molecule has 26 heavy (non-hydrogen) atoms. The van der Waals surface area contributed by atoms with Crippen LogP contribution in [0.1, 0.15) is 17.7 Å². The van der Waals surface area contributed by atoms with Gasteiger partial charge in [-0.2, -0.15) is 0 Å². The normalized spacial score (nSPS) is 13.0. The van der Waals surface area contributed by atoms with Gasteiger partial charge in [0.05, 0.1) is 17.8 Å². The Kier molecular flexibility index (Phi) is 4.45. The molecule has 2 amide bonds. The van der Waals surface area contributed by atoms with Gasteiger partial charge in [0.1, 0.15) is 5.01 Å². The molecule has 0 radical (unpaired) electrons. The highest BCUT2D eigenvalue weighted by molar-refractivity contribution is 7.13. The lowest BCUT2D eigenvalue weighted by molar-refractivity contribution is -0.117. The van der Waals surface area contributed by atoms with Gasteiger partial charge in [-0.3, -0.25) is 14.6 Å². The number of thiazole rings is 1. The van der Waals surface area contributed by atoms with Crippen molar-refractivity contribution < 1.29 is 9.59 Å². The number of rotatable bonds is 4. The second-order valence-electron chi connectivity index (χ2n) is 6.00. The molecule has 0 fully saturated rings. The Morgan fingerprint density at radius 2 is 2.15 bits per heavy atom. The fourth-order valence-electron chi connectivity index (χ4n) is 2.83. The number of carbonyl (C=O) groups excluding carboxylic acids is 2. The van der Waals surface area contributed by atoms with Gasteiger partial charge in [-0.15, -0.1) is 11.3 Å². The standard InChI is InChI=1S/C19H16N4O2S/c24-17-7-4-12-9-13(5-6-15(12)23-17)21-18(25)10-14-11-26-19(22-14)16-3-1-2-8-20-16/h1-3,5-6,8-9,11H,4,7,10H2,(H,21,25)(H,23,24). The molecule has 2 aromatic heterocycles. The summed E-state index contributed by atoms with van der Waals surface area (Å²) in [4.78, 5) is 32.5. The summed E-state index contributed by atoms with van der Waals surface area (Å²) < 4.78 is 0. The van der Waals surface area contributed by atoms with Gasteiger partial charge in [-0.1, -0.05) is 6.07 Å². The Hall–Kier alpha value is -3.06. The molecular formula is C19H16N4O2S. The van der Waals surface area contributed by atoms with Gasteiger partial charge in [0, 0.05) is 29.4 Å². The molecule has 0 aliphatic carbocycles. The largest absolute Gasteiger partial charge is 0.326 e. The fraction of sp³-hybridized carbons (Fsp3) is 0.158. The van der Waals surface area contributed by atoms with Gasteiger partial charge in [-0.05, 0) is 42.3 Å². The van der Waals surface area contributed by atoms with E-state index >= 15 is 0 Å². The Morgan fingerprint density at radius 3 is 3.00 bits per heavy atom. The number of hydrogen-bond acceptors (Lipinski definition) is 5. The van der Waals surface area contributed by atoms with Gasteiger partial charge in [0.2, 0.25) is 11.8 Å². The first-order valence-electron chi connectivity index (χ1n) is 8.26. The zero-order chi connectivity index (χ0) is 17.9. The van der Waals surface area contributed by atoms with Crippen molar-refractivity contribution in [3.05, 3.63) is 59.2 Å². The lowest BCUT2D eigenvalue weighted by Crippen LogP contribution is -2.20. The third kappa shape index (κ3) is 3.62. The highest BCUT2D eigenvalue weighted by Crippen LogP contribution is 2.26. The molecule has 2 N–H and O–H groups in total. The van der Waals surface area contributed by atoms with Crippen molar-refractivity contribution >= 4 is 34.5 Å². The number of nitrogens with zero attached hydrogens (tertiary/aromatic N) is 2. The van der Waals surface area contributed by atoms with Crippen molar-refractivity contribution in [2.75, 3.05) is 10.6 Å². The smallest absolute Gasteiger partial charge is 0.230 e. The van der Waals surface area contributed by atoms with Crippen molar-refractivity contribution in [1.82, 2.24) is 9.97 Å². The maximum absolute atomic E-state index is 12.3. The number of carbonyl (C=O) groups is 2. The molecule has 0 bridgehead atoms. The van der Waals surface area contributed by atoms with E-state index in [0.717, 1.165) is 33.3 Å². The molecular weight excluding hydrogens is 348 g/mol. The predicted octanol–water partition coefficient (Wildman–Crippen LogP) is 3.27. The number of hydrogen-bond donors (Lipinski definition) is 2. The van der Waals surface area contributed by atoms with Gasteiger partial charge >= 0.3 is 0 Å². The Labute approximate surface area is 154 Å². The van der Waals surface area contributed by atoms with Crippen molar-refractivity contribution in [2.45, 2.75) is 19.3 Å². The van der Waals surface area contributed by atoms with Crippen molar-refractivity contribution in [3.63, 3.8) is 0 Å². The summed E-state index contributed by atoms with van der Waals surface area (Å²) in [5.41, 5.74) is 4.11. The highest BCUT2D eigenvalue weighted by Gasteiger charge is 2.16. The van der Waals surface area contributed by atoms with Gasteiger partial charge in [0.25, 0.3) is 0 Å². The van der Waals surface area contributed by atoms with E-state index in [1.54, 1.807) is 12.3 Å². The lowest BCUT2D eigenvalue weighted by atomic mass is 10.0. The summed E-state index contributed by atoms with van der Waals surface area (Å²) in [7, 11) is 0. The Balaban J connectivity index is 1.42. The van der Waals surface area contributed by atoms with E-state index in [2.05, 4.69) is 20.6 Å². The summed E-state index contributed by atoms with van der Waals surface area (Å²) in [6.07, 6.45) is 3.09. The van der Waals surface area contributed by atoms with E-state index in [1.807, 2.05) is 35.7 Å². The molecule has 0 spiro atoms. The quantitative estimate of drug-likeness (QED) is 0.744. The number of amides is 2. The van der Waals surface area contributed by atoms with E-state index in [9.17, 15) is 9.59 Å². The maximum atomic E-state index is 12.3. The molecule has 0 unspecified atom stereocenters. The average molecular weight is 364 g/mol. The summed E-state index contributed by atoms with van der Waals surface area (Å²) in [5.74, 6) is -0.0933.